The predicted octanol–water partition coefficient (Wildman–Crippen LogP) is 3.45. The van der Waals surface area contributed by atoms with E-state index in [9.17, 15) is 24.3 Å². The smallest absolute Gasteiger partial charge is 0.480 e. The van der Waals surface area contributed by atoms with E-state index in [1.54, 1.807) is 41.5 Å². The summed E-state index contributed by atoms with van der Waals surface area (Å²) in [5.41, 5.74) is 3.97. The zero-order valence-corrected chi connectivity index (χ0v) is 20.3. The topological polar surface area (TPSA) is 161 Å². The first-order valence-corrected chi connectivity index (χ1v) is 10.8. The zero-order valence-electron chi connectivity index (χ0n) is 20.3. The molecule has 11 heteroatoms. The van der Waals surface area contributed by atoms with E-state index in [0.29, 0.717) is 5.56 Å². The quantitative estimate of drug-likeness (QED) is 0.285. The van der Waals surface area contributed by atoms with Crippen molar-refractivity contribution in [3.05, 3.63) is 23.8 Å². The Labute approximate surface area is 198 Å². The molecule has 3 N–H and O–H groups in total. The van der Waals surface area contributed by atoms with Gasteiger partial charge < -0.3 is 34.5 Å². The minimum atomic E-state index is -1.82. The number of carboxylic acids is 1. The second kappa shape index (κ2) is 12.2. The Kier molecular flexibility index (Phi) is 10.3. The minimum Gasteiger partial charge on any atom is -0.480 e. The number of ether oxygens (including phenoxy) is 5. The summed E-state index contributed by atoms with van der Waals surface area (Å²) in [5, 5.41) is 9.80. The van der Waals surface area contributed by atoms with Crippen LogP contribution in [0.4, 0.5) is 9.59 Å². The highest BCUT2D eigenvalue weighted by atomic mass is 16.7. The molecule has 2 atom stereocenters. The molecule has 1 unspecified atom stereocenters. The van der Waals surface area contributed by atoms with Crippen molar-refractivity contribution in [2.24, 2.45) is 11.1 Å². The van der Waals surface area contributed by atoms with Crippen molar-refractivity contribution >= 4 is 24.2 Å². The van der Waals surface area contributed by atoms with Crippen molar-refractivity contribution in [2.75, 3.05) is 13.2 Å². The van der Waals surface area contributed by atoms with Crippen LogP contribution < -0.4 is 15.2 Å². The highest BCUT2D eigenvalue weighted by Crippen LogP contribution is 2.31. The van der Waals surface area contributed by atoms with Crippen LogP contribution in [-0.4, -0.2) is 54.2 Å². The molecule has 0 aliphatic carbocycles. The first-order chi connectivity index (χ1) is 15.7. The van der Waals surface area contributed by atoms with Crippen LogP contribution in [0.3, 0.4) is 0 Å². The van der Waals surface area contributed by atoms with E-state index in [1.165, 1.54) is 18.2 Å². The number of rotatable bonds is 10. The van der Waals surface area contributed by atoms with Crippen molar-refractivity contribution in [1.29, 1.82) is 0 Å². The summed E-state index contributed by atoms with van der Waals surface area (Å²) in [4.78, 5) is 47.7. The number of hydrogen-bond donors (Lipinski definition) is 2. The fourth-order valence-electron chi connectivity index (χ4n) is 2.81. The Bertz CT molecular complexity index is 892. The molecule has 0 bridgehead atoms. The first kappa shape index (κ1) is 28.7. The molecule has 0 saturated carbocycles. The molecule has 0 heterocycles. The van der Waals surface area contributed by atoms with Crippen molar-refractivity contribution in [3.8, 4) is 11.5 Å². The van der Waals surface area contributed by atoms with Crippen LogP contribution in [0.2, 0.25) is 0 Å². The van der Waals surface area contributed by atoms with Gasteiger partial charge in [-0.05, 0) is 59.2 Å². The lowest BCUT2D eigenvalue weighted by molar-refractivity contribution is -0.160. The van der Waals surface area contributed by atoms with Gasteiger partial charge in [0.05, 0.1) is 18.6 Å². The van der Waals surface area contributed by atoms with Gasteiger partial charge in [-0.2, -0.15) is 0 Å². The van der Waals surface area contributed by atoms with Gasteiger partial charge in [0, 0.05) is 12.8 Å². The fourth-order valence-corrected chi connectivity index (χ4v) is 2.81. The van der Waals surface area contributed by atoms with Gasteiger partial charge >= 0.3 is 24.2 Å². The maximum atomic E-state index is 12.1. The van der Waals surface area contributed by atoms with Crippen molar-refractivity contribution in [1.82, 2.24) is 0 Å². The summed E-state index contributed by atoms with van der Waals surface area (Å²) in [5.74, 6) is -2.13. The molecule has 11 nitrogen and oxygen atoms in total. The van der Waals surface area contributed by atoms with Crippen molar-refractivity contribution in [3.63, 3.8) is 0 Å². The highest BCUT2D eigenvalue weighted by Gasteiger charge is 2.38. The maximum Gasteiger partial charge on any atom is 0.513 e. The predicted molar refractivity (Wildman–Crippen MR) is 120 cm³/mol. The third-order valence-corrected chi connectivity index (χ3v) is 4.44. The lowest BCUT2D eigenvalue weighted by atomic mass is 9.86. The molecule has 34 heavy (non-hydrogen) atoms. The average molecular weight is 484 g/mol. The maximum absolute atomic E-state index is 12.1. The third-order valence-electron chi connectivity index (χ3n) is 4.44. The molecule has 190 valence electrons. The second-order valence-corrected chi connectivity index (χ2v) is 8.66. The number of esters is 1. The van der Waals surface area contributed by atoms with Gasteiger partial charge in [0.1, 0.15) is 11.6 Å². The number of carbonyl (C=O) groups is 4. The average Bonchev–Trinajstić information content (AvgIpc) is 2.69. The number of carboxylic acid groups (broad SMARTS) is 1. The molecule has 0 spiro atoms. The molecule has 1 aromatic carbocycles. The summed E-state index contributed by atoms with van der Waals surface area (Å²) >= 11 is 0. The summed E-state index contributed by atoms with van der Waals surface area (Å²) in [7, 11) is 0. The normalized spacial score (nSPS) is 13.7. The van der Waals surface area contributed by atoms with Crippen LogP contribution in [0.25, 0.3) is 0 Å². The molecule has 0 aromatic heterocycles. The van der Waals surface area contributed by atoms with E-state index >= 15 is 0 Å². The summed E-state index contributed by atoms with van der Waals surface area (Å²) < 4.78 is 25.0. The zero-order chi connectivity index (χ0) is 26.1. The SMILES string of the molecule is CCOC(=O)Oc1ccc(CC(N)(C[C@H](C)OC(=O)C(C)(C)C)C(=O)O)cc1OC(=O)OCC. The summed E-state index contributed by atoms with van der Waals surface area (Å²) in [6, 6.07) is 4.08. The van der Waals surface area contributed by atoms with E-state index in [1.807, 2.05) is 0 Å². The number of hydrogen-bond acceptors (Lipinski definition) is 10. The van der Waals surface area contributed by atoms with Crippen LogP contribution in [0.5, 0.6) is 11.5 Å². The van der Waals surface area contributed by atoms with Crippen LogP contribution in [0.15, 0.2) is 18.2 Å². The molecule has 0 aliphatic heterocycles. The van der Waals surface area contributed by atoms with Gasteiger partial charge in [-0.25, -0.2) is 9.59 Å². The van der Waals surface area contributed by atoms with Crippen LogP contribution in [-0.2, 0) is 30.2 Å². The molecular weight excluding hydrogens is 450 g/mol. The van der Waals surface area contributed by atoms with E-state index < -0.39 is 41.3 Å². The second-order valence-electron chi connectivity index (χ2n) is 8.66. The molecule has 0 fully saturated rings. The first-order valence-electron chi connectivity index (χ1n) is 10.8. The van der Waals surface area contributed by atoms with Crippen LogP contribution in [0.1, 0.15) is 53.5 Å². The molecular formula is C23H33NO10. The lowest BCUT2D eigenvalue weighted by Gasteiger charge is -2.29. The fraction of sp³-hybridized carbons (Fsp3) is 0.565. The number of carbonyl (C=O) groups excluding carboxylic acids is 3. The van der Waals surface area contributed by atoms with Gasteiger partial charge in [-0.3, -0.25) is 9.59 Å². The molecule has 1 aromatic rings. The monoisotopic (exact) mass is 483 g/mol. The lowest BCUT2D eigenvalue weighted by Crippen LogP contribution is -2.52. The van der Waals surface area contributed by atoms with E-state index in [-0.39, 0.29) is 37.6 Å². The van der Waals surface area contributed by atoms with Crippen LogP contribution >= 0.6 is 0 Å². The van der Waals surface area contributed by atoms with E-state index in [0.717, 1.165) is 0 Å². The molecule has 1 rings (SSSR count). The Hall–Kier alpha value is -3.34. The van der Waals surface area contributed by atoms with Gasteiger partial charge in [-0.15, -0.1) is 0 Å². The number of aliphatic carboxylic acids is 1. The van der Waals surface area contributed by atoms with Crippen molar-refractivity contribution < 1.29 is 48.0 Å². The Morgan fingerprint density at radius 2 is 1.50 bits per heavy atom. The van der Waals surface area contributed by atoms with Gasteiger partial charge in [0.15, 0.2) is 11.5 Å². The third kappa shape index (κ3) is 8.89. The van der Waals surface area contributed by atoms with Gasteiger partial charge in [0.25, 0.3) is 0 Å². The molecule has 0 amide bonds. The van der Waals surface area contributed by atoms with Crippen LogP contribution in [0, 0.1) is 5.41 Å². The highest BCUT2D eigenvalue weighted by molar-refractivity contribution is 5.79. The Morgan fingerprint density at radius 1 is 0.971 bits per heavy atom. The Morgan fingerprint density at radius 3 is 1.97 bits per heavy atom. The van der Waals surface area contributed by atoms with Gasteiger partial charge in [0.2, 0.25) is 0 Å². The number of nitrogens with two attached hydrogens (primary N) is 1. The van der Waals surface area contributed by atoms with E-state index in [4.69, 9.17) is 29.4 Å². The molecule has 0 saturated heterocycles. The minimum absolute atomic E-state index is 0.0443. The summed E-state index contributed by atoms with van der Waals surface area (Å²) in [6.07, 6.45) is -3.24. The standard InChI is InChI=1S/C23H33NO10/c1-7-30-20(28)33-16-10-9-15(11-17(16)34-21(29)31-8-2)13-23(24,18(25)26)12-14(3)32-19(27)22(4,5)6/h9-11,14H,7-8,12-13,24H2,1-6H3,(H,25,26)/t14-,23?/m0/s1. The Balaban J connectivity index is 3.17. The molecule has 0 radical (unpaired) electrons. The largest absolute Gasteiger partial charge is 0.513 e. The number of benzene rings is 1. The van der Waals surface area contributed by atoms with Gasteiger partial charge in [-0.1, -0.05) is 6.07 Å². The summed E-state index contributed by atoms with van der Waals surface area (Å²) in [6.45, 7) is 9.88. The van der Waals surface area contributed by atoms with Crippen molar-refractivity contribution in [2.45, 2.75) is 66.0 Å². The van der Waals surface area contributed by atoms with E-state index in [2.05, 4.69) is 0 Å². The molecule has 0 aliphatic rings.